The molecule has 0 unspecified atom stereocenters. The largest absolute Gasteiger partial charge is 0.299 e. The number of aromatic nitrogens is 1. The Kier molecular flexibility index (Phi) is 1.53. The van der Waals surface area contributed by atoms with Crippen LogP contribution < -0.4 is 0 Å². The molecule has 0 bridgehead atoms. The van der Waals surface area contributed by atoms with E-state index in [1.54, 1.807) is 6.20 Å². The highest BCUT2D eigenvalue weighted by atomic mass is 79.9. The zero-order valence-electron chi connectivity index (χ0n) is 5.80. The molecule has 0 atom stereocenters. The van der Waals surface area contributed by atoms with Crippen LogP contribution >= 0.6 is 15.9 Å². The standard InChI is InChI=1S/C8H6BrNO/c9-6-1-5-2-7(11)3-8(5)10-4-6/h1,4H,2-3H2. The van der Waals surface area contributed by atoms with Gasteiger partial charge in [-0.3, -0.25) is 9.78 Å². The molecule has 0 aliphatic heterocycles. The van der Waals surface area contributed by atoms with Crippen LogP contribution in [0.5, 0.6) is 0 Å². The number of halogens is 1. The lowest BCUT2D eigenvalue weighted by Gasteiger charge is -1.95. The van der Waals surface area contributed by atoms with Gasteiger partial charge in [0.2, 0.25) is 0 Å². The van der Waals surface area contributed by atoms with Crippen LogP contribution in [0.1, 0.15) is 11.3 Å². The van der Waals surface area contributed by atoms with Crippen LogP contribution in [0, 0.1) is 0 Å². The van der Waals surface area contributed by atoms with Crippen LogP contribution in [0.2, 0.25) is 0 Å². The molecule has 0 N–H and O–H groups in total. The summed E-state index contributed by atoms with van der Waals surface area (Å²) < 4.78 is 0.950. The summed E-state index contributed by atoms with van der Waals surface area (Å²) in [5.74, 6) is 0.269. The molecule has 0 saturated carbocycles. The Labute approximate surface area is 72.8 Å². The molecule has 1 heterocycles. The monoisotopic (exact) mass is 211 g/mol. The molecule has 1 aromatic rings. The van der Waals surface area contributed by atoms with Crippen LogP contribution in [0.4, 0.5) is 0 Å². The lowest BCUT2D eigenvalue weighted by Crippen LogP contribution is -1.93. The van der Waals surface area contributed by atoms with Crippen molar-refractivity contribution < 1.29 is 4.79 Å². The zero-order chi connectivity index (χ0) is 7.84. The van der Waals surface area contributed by atoms with E-state index in [4.69, 9.17) is 0 Å². The number of carbonyl (C=O) groups is 1. The Morgan fingerprint density at radius 2 is 2.27 bits per heavy atom. The van der Waals surface area contributed by atoms with Crippen molar-refractivity contribution in [3.05, 3.63) is 28.0 Å². The smallest absolute Gasteiger partial charge is 0.143 e. The fourth-order valence-corrected chi connectivity index (χ4v) is 1.66. The number of hydrogen-bond acceptors (Lipinski definition) is 2. The van der Waals surface area contributed by atoms with Gasteiger partial charge in [-0.1, -0.05) is 0 Å². The van der Waals surface area contributed by atoms with Crippen molar-refractivity contribution in [3.63, 3.8) is 0 Å². The fourth-order valence-electron chi connectivity index (χ4n) is 1.28. The average molecular weight is 212 g/mol. The predicted molar refractivity (Wildman–Crippen MR) is 44.4 cm³/mol. The van der Waals surface area contributed by atoms with Gasteiger partial charge in [-0.05, 0) is 27.6 Å². The molecule has 2 rings (SSSR count). The number of Topliss-reactive ketones (excluding diaryl/α,β-unsaturated/α-hetero) is 1. The Morgan fingerprint density at radius 3 is 3.09 bits per heavy atom. The maximum atomic E-state index is 11.0. The molecule has 0 amide bonds. The van der Waals surface area contributed by atoms with Crippen LogP contribution in [-0.4, -0.2) is 10.8 Å². The third kappa shape index (κ3) is 1.20. The lowest BCUT2D eigenvalue weighted by molar-refractivity contribution is -0.117. The quantitative estimate of drug-likeness (QED) is 0.652. The second-order valence-corrected chi connectivity index (χ2v) is 3.57. The number of pyridine rings is 1. The molecule has 1 aliphatic carbocycles. The number of fused-ring (bicyclic) bond motifs is 1. The molecule has 56 valence electrons. The number of nitrogens with zero attached hydrogens (tertiary/aromatic N) is 1. The van der Waals surface area contributed by atoms with Gasteiger partial charge < -0.3 is 0 Å². The first-order valence-electron chi connectivity index (χ1n) is 3.41. The maximum absolute atomic E-state index is 11.0. The van der Waals surface area contributed by atoms with Crippen LogP contribution in [0.25, 0.3) is 0 Å². The van der Waals surface area contributed by atoms with Crippen LogP contribution in [0.15, 0.2) is 16.7 Å². The second kappa shape index (κ2) is 2.41. The first kappa shape index (κ1) is 6.98. The van der Waals surface area contributed by atoms with Gasteiger partial charge in [-0.15, -0.1) is 0 Å². The number of hydrogen-bond donors (Lipinski definition) is 0. The van der Waals surface area contributed by atoms with Crippen molar-refractivity contribution in [1.82, 2.24) is 4.98 Å². The minimum absolute atomic E-state index is 0.269. The molecule has 3 heteroatoms. The molecule has 0 saturated heterocycles. The highest BCUT2D eigenvalue weighted by molar-refractivity contribution is 9.10. The van der Waals surface area contributed by atoms with E-state index in [1.807, 2.05) is 6.07 Å². The van der Waals surface area contributed by atoms with E-state index in [0.717, 1.165) is 15.7 Å². The van der Waals surface area contributed by atoms with Crippen molar-refractivity contribution in [3.8, 4) is 0 Å². The second-order valence-electron chi connectivity index (χ2n) is 2.65. The molecule has 1 aliphatic rings. The molecule has 1 aromatic heterocycles. The fraction of sp³-hybridized carbons (Fsp3) is 0.250. The van der Waals surface area contributed by atoms with Crippen molar-refractivity contribution >= 4 is 21.7 Å². The van der Waals surface area contributed by atoms with Crippen LogP contribution in [-0.2, 0) is 17.6 Å². The first-order valence-corrected chi connectivity index (χ1v) is 4.20. The lowest BCUT2D eigenvalue weighted by atomic mass is 10.2. The molecule has 11 heavy (non-hydrogen) atoms. The highest BCUT2D eigenvalue weighted by Gasteiger charge is 2.18. The van der Waals surface area contributed by atoms with E-state index < -0.39 is 0 Å². The third-order valence-electron chi connectivity index (χ3n) is 1.78. The zero-order valence-corrected chi connectivity index (χ0v) is 7.39. The summed E-state index contributed by atoms with van der Waals surface area (Å²) in [6, 6.07) is 1.97. The minimum atomic E-state index is 0.269. The molecular formula is C8H6BrNO. The number of carbonyl (C=O) groups excluding carboxylic acids is 1. The Balaban J connectivity index is 2.51. The van der Waals surface area contributed by atoms with Crippen molar-refractivity contribution in [2.45, 2.75) is 12.8 Å². The molecule has 2 nitrogen and oxygen atoms in total. The van der Waals surface area contributed by atoms with Gasteiger partial charge in [0.15, 0.2) is 0 Å². The average Bonchev–Trinajstić information content (AvgIpc) is 2.27. The van der Waals surface area contributed by atoms with Gasteiger partial charge in [0.1, 0.15) is 5.78 Å². The summed E-state index contributed by atoms with van der Waals surface area (Å²) >= 11 is 3.31. The van der Waals surface area contributed by atoms with Gasteiger partial charge in [-0.25, -0.2) is 0 Å². The van der Waals surface area contributed by atoms with E-state index in [2.05, 4.69) is 20.9 Å². The molecule has 0 spiro atoms. The summed E-state index contributed by atoms with van der Waals surface area (Å²) in [5.41, 5.74) is 2.02. The minimum Gasteiger partial charge on any atom is -0.299 e. The summed E-state index contributed by atoms with van der Waals surface area (Å²) in [5, 5.41) is 0. The van der Waals surface area contributed by atoms with E-state index in [-0.39, 0.29) is 5.78 Å². The van der Waals surface area contributed by atoms with Crippen molar-refractivity contribution in [1.29, 1.82) is 0 Å². The summed E-state index contributed by atoms with van der Waals surface area (Å²) in [7, 11) is 0. The van der Waals surface area contributed by atoms with E-state index in [9.17, 15) is 4.79 Å². The molecule has 0 aromatic carbocycles. The molecule has 0 fully saturated rings. The van der Waals surface area contributed by atoms with E-state index >= 15 is 0 Å². The van der Waals surface area contributed by atoms with Crippen LogP contribution in [0.3, 0.4) is 0 Å². The van der Waals surface area contributed by atoms with Gasteiger partial charge in [0, 0.05) is 23.5 Å². The predicted octanol–water partition coefficient (Wildman–Crippen LogP) is 1.51. The topological polar surface area (TPSA) is 30.0 Å². The normalized spacial score (nSPS) is 15.2. The van der Waals surface area contributed by atoms with Gasteiger partial charge in [-0.2, -0.15) is 0 Å². The summed E-state index contributed by atoms with van der Waals surface area (Å²) in [6.45, 7) is 0. The summed E-state index contributed by atoms with van der Waals surface area (Å²) in [4.78, 5) is 15.1. The highest BCUT2D eigenvalue weighted by Crippen LogP contribution is 2.20. The van der Waals surface area contributed by atoms with Gasteiger partial charge in [0.25, 0.3) is 0 Å². The number of rotatable bonds is 0. The number of ketones is 1. The van der Waals surface area contributed by atoms with E-state index in [0.29, 0.717) is 12.8 Å². The molecule has 0 radical (unpaired) electrons. The van der Waals surface area contributed by atoms with Gasteiger partial charge in [0.05, 0.1) is 5.69 Å². The van der Waals surface area contributed by atoms with Crippen molar-refractivity contribution in [2.24, 2.45) is 0 Å². The first-order chi connectivity index (χ1) is 5.25. The SMILES string of the molecule is O=C1Cc2cc(Br)cnc2C1. The van der Waals surface area contributed by atoms with Crippen molar-refractivity contribution in [2.75, 3.05) is 0 Å². The maximum Gasteiger partial charge on any atom is 0.143 e. The Bertz CT molecular complexity index is 322. The Hall–Kier alpha value is -0.700. The third-order valence-corrected chi connectivity index (χ3v) is 2.21. The molecular weight excluding hydrogens is 206 g/mol. The Morgan fingerprint density at radius 1 is 1.45 bits per heavy atom. The van der Waals surface area contributed by atoms with E-state index in [1.165, 1.54) is 0 Å². The summed E-state index contributed by atoms with van der Waals surface area (Å²) in [6.07, 6.45) is 2.81. The van der Waals surface area contributed by atoms with Gasteiger partial charge >= 0.3 is 0 Å².